The molecule has 11 aromatic rings. The summed E-state index contributed by atoms with van der Waals surface area (Å²) in [7, 11) is 2.22. The monoisotopic (exact) mass is 1140 g/mol. The zero-order valence-corrected chi connectivity index (χ0v) is 54.1. The maximum absolute atomic E-state index is 7.73. The van der Waals surface area contributed by atoms with Crippen LogP contribution in [0.15, 0.2) is 150 Å². The van der Waals surface area contributed by atoms with E-state index in [2.05, 4.69) is 289 Å². The minimum Gasteiger partial charge on any atom is -0.454 e. The van der Waals surface area contributed by atoms with Crippen LogP contribution in [0.2, 0.25) is 0 Å². The third kappa shape index (κ3) is 8.11. The molecule has 4 aliphatic rings. The number of para-hydroxylation sites is 4. The van der Waals surface area contributed by atoms with Crippen molar-refractivity contribution in [3.63, 3.8) is 0 Å². The predicted molar refractivity (Wildman–Crippen MR) is 364 cm³/mol. The van der Waals surface area contributed by atoms with Gasteiger partial charge in [0.05, 0.1) is 29.8 Å². The highest BCUT2D eigenvalue weighted by Crippen LogP contribution is 2.59. The van der Waals surface area contributed by atoms with E-state index >= 15 is 0 Å². The van der Waals surface area contributed by atoms with Gasteiger partial charge in [0.25, 0.3) is 12.5 Å². The van der Waals surface area contributed by atoms with Gasteiger partial charge in [0, 0.05) is 38.8 Å². The van der Waals surface area contributed by atoms with Gasteiger partial charge < -0.3 is 23.7 Å². The van der Waals surface area contributed by atoms with Crippen LogP contribution < -0.4 is 40.2 Å². The molecule has 9 aromatic carbocycles. The van der Waals surface area contributed by atoms with E-state index in [1.165, 1.54) is 55.5 Å². The summed E-state index contributed by atoms with van der Waals surface area (Å²) in [6, 6.07) is 55.4. The van der Waals surface area contributed by atoms with Crippen LogP contribution in [0.4, 0.5) is 34.1 Å². The van der Waals surface area contributed by atoms with Gasteiger partial charge in [-0.05, 0) is 151 Å². The summed E-state index contributed by atoms with van der Waals surface area (Å²) in [5, 5.41) is 2.16. The number of fused-ring (bicyclic) bond motifs is 12. The van der Waals surface area contributed by atoms with Gasteiger partial charge in [0.1, 0.15) is 16.8 Å². The topological polar surface area (TPSA) is 46.9 Å². The van der Waals surface area contributed by atoms with E-state index in [1.54, 1.807) is 0 Å². The lowest BCUT2D eigenvalue weighted by Gasteiger charge is -2.48. The number of furan rings is 1. The molecule has 0 unspecified atom stereocenters. The number of aromatic nitrogens is 2. The van der Waals surface area contributed by atoms with Gasteiger partial charge in [-0.2, -0.15) is 4.57 Å². The highest BCUT2D eigenvalue weighted by atomic mass is 16.5. The quantitative estimate of drug-likeness (QED) is 0.127. The fourth-order valence-electron chi connectivity index (χ4n) is 14.7. The highest BCUT2D eigenvalue weighted by molar-refractivity contribution is 7.00. The van der Waals surface area contributed by atoms with Crippen LogP contribution >= 0.6 is 0 Å². The molecule has 0 bridgehead atoms. The number of anilines is 6. The molecule has 6 heterocycles. The first kappa shape index (κ1) is 55.1. The zero-order chi connectivity index (χ0) is 61.0. The van der Waals surface area contributed by atoms with E-state index in [0.717, 1.165) is 118 Å². The first-order valence-corrected chi connectivity index (χ1v) is 31.6. The number of hydrogen-bond acceptors (Lipinski definition) is 5. The second-order valence-corrected chi connectivity index (χ2v) is 30.1. The van der Waals surface area contributed by atoms with E-state index in [4.69, 9.17) is 13.9 Å². The molecule has 0 saturated heterocycles. The average Bonchev–Trinajstić information content (AvgIpc) is 1.43. The van der Waals surface area contributed by atoms with E-state index in [9.17, 15) is 0 Å². The van der Waals surface area contributed by atoms with Crippen molar-refractivity contribution in [3.8, 4) is 51.2 Å². The number of hydrogen-bond donors (Lipinski definition) is 0. The molecule has 0 aliphatic carbocycles. The molecule has 0 radical (unpaired) electrons. The van der Waals surface area contributed by atoms with Gasteiger partial charge in [-0.25, -0.2) is 4.57 Å². The summed E-state index contributed by atoms with van der Waals surface area (Å²) in [5.41, 5.74) is 26.8. The Labute approximate surface area is 514 Å². The van der Waals surface area contributed by atoms with Gasteiger partial charge in [0.15, 0.2) is 39.6 Å². The molecular formula is C79H80BN4O3+. The van der Waals surface area contributed by atoms with Crippen molar-refractivity contribution in [1.29, 1.82) is 0 Å². The molecule has 0 spiro atoms. The van der Waals surface area contributed by atoms with E-state index in [0.29, 0.717) is 11.8 Å². The summed E-state index contributed by atoms with van der Waals surface area (Å²) in [6.45, 7) is 39.0. The summed E-state index contributed by atoms with van der Waals surface area (Å²) in [5.74, 6) is 5.13. The summed E-state index contributed by atoms with van der Waals surface area (Å²) in [6.07, 6.45) is 0. The molecule has 4 aliphatic heterocycles. The molecule has 0 N–H and O–H groups in total. The predicted octanol–water partition coefficient (Wildman–Crippen LogP) is 19.7. The Morgan fingerprint density at radius 1 is 0.460 bits per heavy atom. The molecule has 8 heteroatoms. The van der Waals surface area contributed by atoms with Crippen molar-refractivity contribution in [2.45, 2.75) is 151 Å². The number of nitrogens with zero attached hydrogens (tertiary/aromatic N) is 4. The molecule has 0 fully saturated rings. The fourth-order valence-corrected chi connectivity index (χ4v) is 14.7. The van der Waals surface area contributed by atoms with E-state index in [-0.39, 0.29) is 28.4 Å². The SMILES string of the molecule is Cc1ccc2c(oc3c(-c4cc5c6c(c4)N4c7ccc(C(C)(C)C)cc7Oc7cc(C(C)(C)C)cc(c74)B6c4cc(C(C)(C)C)cc6c4N5c4ccc(C(C)(C)C)cc4O6)cccc32)c1-c1n(-c2c(C(C)C)cccc2C(C)C)c2ccccc2[n+]1C. The van der Waals surface area contributed by atoms with Crippen LogP contribution in [-0.4, -0.2) is 11.3 Å². The zero-order valence-electron chi connectivity index (χ0n) is 54.1. The second kappa shape index (κ2) is 18.5. The number of benzene rings is 9. The van der Waals surface area contributed by atoms with Crippen LogP contribution in [0.3, 0.4) is 0 Å². The Bertz CT molecular complexity index is 4600. The Kier molecular flexibility index (Phi) is 11.7. The van der Waals surface area contributed by atoms with Gasteiger partial charge in [0.2, 0.25) is 0 Å². The molecule has 436 valence electrons. The Morgan fingerprint density at radius 2 is 0.954 bits per heavy atom. The third-order valence-electron chi connectivity index (χ3n) is 19.5. The first-order valence-electron chi connectivity index (χ1n) is 31.6. The molecular weight excluding hydrogens is 1060 g/mol. The average molecular weight is 1140 g/mol. The molecule has 0 atom stereocenters. The Morgan fingerprint density at radius 3 is 1.47 bits per heavy atom. The maximum Gasteiger partial charge on any atom is 0.299 e. The van der Waals surface area contributed by atoms with Crippen molar-refractivity contribution >= 4 is 90.2 Å². The summed E-state index contributed by atoms with van der Waals surface area (Å²) in [4.78, 5) is 5.09. The van der Waals surface area contributed by atoms with Gasteiger partial charge in [-0.15, -0.1) is 0 Å². The van der Waals surface area contributed by atoms with Crippen LogP contribution in [0.25, 0.3) is 61.2 Å². The standard InChI is InChI=1S/C79H80BN4O3/c1-43(2)51-23-21-24-52(44(3)4)70(51)84-59-28-20-19-27-58(59)81(18)75(84)68-45(5)29-32-55-54-26-22-25-53(73(54)87-74(55)68)46-35-62-69-63(36-46)83-61-34-31-48(77(9,10)11)40-65(61)86-67-42-50(79(15,16)17)38-57(72(67)83)80(69)56-37-49(78(12,13)14)41-66-71(56)82(62)60-33-30-47(76(6,7)8)39-64(60)85-66/h19-44H,1-18H3/q+1. The number of ether oxygens (including phenoxy) is 2. The number of aryl methyl sites for hydroxylation is 2. The van der Waals surface area contributed by atoms with E-state index in [1.807, 2.05) is 0 Å². The molecule has 2 aromatic heterocycles. The molecule has 15 rings (SSSR count). The Hall–Kier alpha value is -8.49. The Balaban J connectivity index is 1.05. The smallest absolute Gasteiger partial charge is 0.299 e. The van der Waals surface area contributed by atoms with Crippen molar-refractivity contribution in [2.75, 3.05) is 9.80 Å². The van der Waals surface area contributed by atoms with Crippen molar-refractivity contribution < 1.29 is 18.5 Å². The molecule has 0 saturated carbocycles. The van der Waals surface area contributed by atoms with Gasteiger partial charge in [-0.1, -0.05) is 196 Å². The first-order chi connectivity index (χ1) is 41.2. The highest BCUT2D eigenvalue weighted by Gasteiger charge is 2.50. The maximum atomic E-state index is 7.73. The summed E-state index contributed by atoms with van der Waals surface area (Å²) >= 11 is 0. The number of imidazole rings is 1. The normalized spacial score (nSPS) is 14.2. The molecule has 7 nitrogen and oxygen atoms in total. The second-order valence-electron chi connectivity index (χ2n) is 30.1. The van der Waals surface area contributed by atoms with Crippen molar-refractivity contribution in [3.05, 3.63) is 185 Å². The lowest BCUT2D eigenvalue weighted by atomic mass is 9.33. The molecule has 87 heavy (non-hydrogen) atoms. The number of rotatable bonds is 5. The van der Waals surface area contributed by atoms with Crippen LogP contribution in [0, 0.1) is 6.92 Å². The van der Waals surface area contributed by atoms with Crippen molar-refractivity contribution in [1.82, 2.24) is 4.57 Å². The van der Waals surface area contributed by atoms with Crippen LogP contribution in [0.5, 0.6) is 23.0 Å². The van der Waals surface area contributed by atoms with E-state index < -0.39 is 0 Å². The van der Waals surface area contributed by atoms with Gasteiger partial charge >= 0.3 is 0 Å². The third-order valence-corrected chi connectivity index (χ3v) is 19.5. The lowest BCUT2D eigenvalue weighted by Crippen LogP contribution is -2.62. The van der Waals surface area contributed by atoms with Crippen molar-refractivity contribution in [2.24, 2.45) is 7.05 Å². The fraction of sp³-hybridized carbons (Fsp3) is 0.304. The van der Waals surface area contributed by atoms with Crippen LogP contribution in [-0.2, 0) is 28.7 Å². The van der Waals surface area contributed by atoms with Gasteiger partial charge in [-0.3, -0.25) is 0 Å². The largest absolute Gasteiger partial charge is 0.454 e. The lowest BCUT2D eigenvalue weighted by molar-refractivity contribution is -0.633. The summed E-state index contributed by atoms with van der Waals surface area (Å²) < 4.78 is 27.4. The minimum absolute atomic E-state index is 0.0981. The minimum atomic E-state index is -0.173. The van der Waals surface area contributed by atoms with Crippen LogP contribution in [0.1, 0.15) is 162 Å². The molecule has 0 amide bonds.